The Morgan fingerprint density at radius 2 is 1.74 bits per heavy atom. The molecule has 1 atom stereocenters. The van der Waals surface area contributed by atoms with Crippen LogP contribution in [0, 0.1) is 0 Å². The summed E-state index contributed by atoms with van der Waals surface area (Å²) in [4.78, 5) is 9.53. The standard InChI is InChI=1S/C27H24ClN3/c1-2-5-18-8-14-22(15-9-18)30-27-29-17-20-16-25(19-10-12-21(28)13-11-19)23-6-3-4-7-24(23)26(20)31-27/h3-4,6-15,17,25H,2,5,16H2,1H3,(H,29,30,31). The number of nitrogens with one attached hydrogen (secondary N) is 1. The highest BCUT2D eigenvalue weighted by Gasteiger charge is 2.27. The maximum atomic E-state index is 6.11. The summed E-state index contributed by atoms with van der Waals surface area (Å²) in [5.74, 6) is 0.899. The largest absolute Gasteiger partial charge is 0.324 e. The highest BCUT2D eigenvalue weighted by atomic mass is 35.5. The Morgan fingerprint density at radius 3 is 2.52 bits per heavy atom. The van der Waals surface area contributed by atoms with Crippen LogP contribution in [0.1, 0.15) is 41.5 Å². The molecule has 1 unspecified atom stereocenters. The fraction of sp³-hybridized carbons (Fsp3) is 0.185. The minimum atomic E-state index is 0.273. The second-order valence-corrected chi connectivity index (χ2v) is 8.47. The number of nitrogens with zero attached hydrogens (tertiary/aromatic N) is 2. The maximum absolute atomic E-state index is 6.11. The van der Waals surface area contributed by atoms with Gasteiger partial charge in [0, 0.05) is 28.4 Å². The van der Waals surface area contributed by atoms with E-state index >= 15 is 0 Å². The summed E-state index contributed by atoms with van der Waals surface area (Å²) in [6.45, 7) is 2.20. The molecule has 31 heavy (non-hydrogen) atoms. The molecule has 5 rings (SSSR count). The zero-order chi connectivity index (χ0) is 21.2. The molecule has 0 saturated heterocycles. The monoisotopic (exact) mass is 425 g/mol. The molecule has 0 saturated carbocycles. The van der Waals surface area contributed by atoms with Crippen molar-refractivity contribution in [1.82, 2.24) is 9.97 Å². The van der Waals surface area contributed by atoms with E-state index in [0.29, 0.717) is 5.95 Å². The van der Waals surface area contributed by atoms with Crippen LogP contribution in [-0.2, 0) is 12.8 Å². The summed E-state index contributed by atoms with van der Waals surface area (Å²) in [5, 5.41) is 4.13. The zero-order valence-electron chi connectivity index (χ0n) is 17.5. The van der Waals surface area contributed by atoms with Crippen LogP contribution in [0.3, 0.4) is 0 Å². The second kappa shape index (κ2) is 8.52. The smallest absolute Gasteiger partial charge is 0.227 e. The van der Waals surface area contributed by atoms with Crippen molar-refractivity contribution in [2.45, 2.75) is 32.1 Å². The number of hydrogen-bond donors (Lipinski definition) is 1. The quantitative estimate of drug-likeness (QED) is 0.368. The summed E-state index contributed by atoms with van der Waals surface area (Å²) < 4.78 is 0. The molecular weight excluding hydrogens is 402 g/mol. The number of benzene rings is 3. The predicted octanol–water partition coefficient (Wildman–Crippen LogP) is 7.18. The maximum Gasteiger partial charge on any atom is 0.227 e. The van der Waals surface area contributed by atoms with E-state index < -0.39 is 0 Å². The first kappa shape index (κ1) is 19.8. The van der Waals surface area contributed by atoms with Crippen molar-refractivity contribution >= 4 is 23.2 Å². The van der Waals surface area contributed by atoms with Crippen molar-refractivity contribution in [2.24, 2.45) is 0 Å². The molecule has 1 aliphatic carbocycles. The number of aryl methyl sites for hydroxylation is 1. The molecule has 1 heterocycles. The van der Waals surface area contributed by atoms with Crippen molar-refractivity contribution in [1.29, 1.82) is 0 Å². The number of aromatic nitrogens is 2. The van der Waals surface area contributed by atoms with Crippen LogP contribution in [0.4, 0.5) is 11.6 Å². The van der Waals surface area contributed by atoms with Gasteiger partial charge < -0.3 is 5.32 Å². The van der Waals surface area contributed by atoms with Crippen LogP contribution in [0.25, 0.3) is 11.3 Å². The van der Waals surface area contributed by atoms with E-state index in [0.717, 1.165) is 35.7 Å². The van der Waals surface area contributed by atoms with Gasteiger partial charge in [-0.1, -0.05) is 73.5 Å². The number of fused-ring (bicyclic) bond motifs is 3. The van der Waals surface area contributed by atoms with Crippen molar-refractivity contribution < 1.29 is 0 Å². The molecular formula is C27H24ClN3. The topological polar surface area (TPSA) is 37.8 Å². The Hall–Kier alpha value is -3.17. The molecule has 0 radical (unpaired) electrons. The van der Waals surface area contributed by atoms with Crippen molar-refractivity contribution in [3.05, 3.63) is 106 Å². The van der Waals surface area contributed by atoms with E-state index in [1.807, 2.05) is 18.3 Å². The molecule has 3 nitrogen and oxygen atoms in total. The summed E-state index contributed by atoms with van der Waals surface area (Å²) in [7, 11) is 0. The Labute approximate surface area is 188 Å². The Bertz CT molecular complexity index is 1200. The van der Waals surface area contributed by atoms with Gasteiger partial charge in [-0.05, 0) is 59.4 Å². The minimum absolute atomic E-state index is 0.273. The lowest BCUT2D eigenvalue weighted by Crippen LogP contribution is -2.15. The molecule has 0 aliphatic heterocycles. The van der Waals surface area contributed by atoms with Crippen LogP contribution < -0.4 is 5.32 Å². The van der Waals surface area contributed by atoms with Gasteiger partial charge in [-0.3, -0.25) is 0 Å². The Morgan fingerprint density at radius 1 is 0.968 bits per heavy atom. The van der Waals surface area contributed by atoms with Crippen LogP contribution in [0.5, 0.6) is 0 Å². The van der Waals surface area contributed by atoms with E-state index in [4.69, 9.17) is 16.6 Å². The number of anilines is 2. The van der Waals surface area contributed by atoms with Gasteiger partial charge in [-0.15, -0.1) is 0 Å². The van der Waals surface area contributed by atoms with E-state index in [1.54, 1.807) is 0 Å². The molecule has 4 aromatic rings. The lowest BCUT2D eigenvalue weighted by Gasteiger charge is -2.27. The fourth-order valence-corrected chi connectivity index (χ4v) is 4.49. The number of rotatable bonds is 5. The van der Waals surface area contributed by atoms with Gasteiger partial charge in [0.15, 0.2) is 0 Å². The van der Waals surface area contributed by atoms with E-state index in [2.05, 4.69) is 77.9 Å². The number of halogens is 1. The first-order chi connectivity index (χ1) is 15.2. The summed E-state index contributed by atoms with van der Waals surface area (Å²) in [6.07, 6.45) is 5.09. The van der Waals surface area contributed by atoms with Crippen LogP contribution in [0.15, 0.2) is 79.0 Å². The van der Waals surface area contributed by atoms with E-state index in [9.17, 15) is 0 Å². The molecule has 4 heteroatoms. The first-order valence-electron chi connectivity index (χ1n) is 10.8. The van der Waals surface area contributed by atoms with Gasteiger partial charge in [-0.25, -0.2) is 9.97 Å². The van der Waals surface area contributed by atoms with Gasteiger partial charge in [0.25, 0.3) is 0 Å². The molecule has 154 valence electrons. The van der Waals surface area contributed by atoms with Gasteiger partial charge >= 0.3 is 0 Å². The molecule has 0 fully saturated rings. The van der Waals surface area contributed by atoms with Crippen LogP contribution in [0.2, 0.25) is 5.02 Å². The number of hydrogen-bond acceptors (Lipinski definition) is 3. The van der Waals surface area contributed by atoms with Gasteiger partial charge in [-0.2, -0.15) is 0 Å². The summed E-state index contributed by atoms with van der Waals surface area (Å²) in [6, 6.07) is 25.2. The molecule has 1 aromatic heterocycles. The third kappa shape index (κ3) is 4.06. The van der Waals surface area contributed by atoms with Gasteiger partial charge in [0.05, 0.1) is 5.69 Å². The molecule has 1 N–H and O–H groups in total. The third-order valence-electron chi connectivity index (χ3n) is 5.90. The second-order valence-electron chi connectivity index (χ2n) is 8.03. The average molecular weight is 426 g/mol. The van der Waals surface area contributed by atoms with Gasteiger partial charge in [0.2, 0.25) is 5.95 Å². The lowest BCUT2D eigenvalue weighted by atomic mass is 9.78. The van der Waals surface area contributed by atoms with E-state index in [1.165, 1.54) is 27.8 Å². The molecule has 3 aromatic carbocycles. The lowest BCUT2D eigenvalue weighted by molar-refractivity contribution is 0.782. The molecule has 0 spiro atoms. The third-order valence-corrected chi connectivity index (χ3v) is 6.15. The Balaban J connectivity index is 1.47. The first-order valence-corrected chi connectivity index (χ1v) is 11.2. The Kier molecular flexibility index (Phi) is 5.44. The van der Waals surface area contributed by atoms with Gasteiger partial charge in [0.1, 0.15) is 0 Å². The summed E-state index contributed by atoms with van der Waals surface area (Å²) in [5.41, 5.74) is 8.27. The van der Waals surface area contributed by atoms with Crippen molar-refractivity contribution in [3.63, 3.8) is 0 Å². The molecule has 1 aliphatic rings. The SMILES string of the molecule is CCCc1ccc(Nc2ncc3c(n2)-c2ccccc2C(c2ccc(Cl)cc2)C3)cc1. The van der Waals surface area contributed by atoms with Crippen LogP contribution >= 0.6 is 11.6 Å². The van der Waals surface area contributed by atoms with Crippen molar-refractivity contribution in [3.8, 4) is 11.3 Å². The summed E-state index contributed by atoms with van der Waals surface area (Å²) >= 11 is 6.11. The van der Waals surface area contributed by atoms with E-state index in [-0.39, 0.29) is 5.92 Å². The van der Waals surface area contributed by atoms with Crippen LogP contribution in [-0.4, -0.2) is 9.97 Å². The fourth-order valence-electron chi connectivity index (χ4n) is 4.36. The average Bonchev–Trinajstić information content (AvgIpc) is 2.81. The highest BCUT2D eigenvalue weighted by molar-refractivity contribution is 6.30. The highest BCUT2D eigenvalue weighted by Crippen LogP contribution is 2.42. The zero-order valence-corrected chi connectivity index (χ0v) is 18.2. The van der Waals surface area contributed by atoms with Crippen molar-refractivity contribution in [2.75, 3.05) is 5.32 Å². The predicted molar refractivity (Wildman–Crippen MR) is 128 cm³/mol. The minimum Gasteiger partial charge on any atom is -0.324 e. The molecule has 0 bridgehead atoms. The molecule has 0 amide bonds. The normalized spacial score (nSPS) is 14.6.